The van der Waals surface area contributed by atoms with Crippen LogP contribution in [0.3, 0.4) is 0 Å². The quantitative estimate of drug-likeness (QED) is 0.475. The lowest BCUT2D eigenvalue weighted by molar-refractivity contribution is -0.135. The molecule has 0 radical (unpaired) electrons. The normalized spacial score (nSPS) is 21.8. The number of halogens is 2. The second kappa shape index (κ2) is 12.7. The van der Waals surface area contributed by atoms with Crippen LogP contribution in [0.1, 0.15) is 36.8 Å². The van der Waals surface area contributed by atoms with Gasteiger partial charge in [-0.1, -0.05) is 48.0 Å². The van der Waals surface area contributed by atoms with Crippen molar-refractivity contribution in [2.45, 2.75) is 44.2 Å². The lowest BCUT2D eigenvalue weighted by atomic mass is 9.96. The zero-order chi connectivity index (χ0) is 27.1. The van der Waals surface area contributed by atoms with Crippen molar-refractivity contribution < 1.29 is 18.8 Å². The summed E-state index contributed by atoms with van der Waals surface area (Å²) in [7, 11) is 0. The van der Waals surface area contributed by atoms with E-state index in [4.69, 9.17) is 11.6 Å². The molecule has 2 fully saturated rings. The van der Waals surface area contributed by atoms with Crippen molar-refractivity contribution in [1.29, 1.82) is 5.26 Å². The zero-order valence-electron chi connectivity index (χ0n) is 20.9. The van der Waals surface area contributed by atoms with Gasteiger partial charge in [0.15, 0.2) is 0 Å². The average Bonchev–Trinajstić information content (AvgIpc) is 3.53. The number of benzene rings is 2. The Hall–Kier alpha value is -3.70. The maximum atomic E-state index is 14.2. The van der Waals surface area contributed by atoms with Crippen LogP contribution in [0.2, 0.25) is 5.02 Å². The molecule has 0 aromatic heterocycles. The zero-order valence-corrected chi connectivity index (χ0v) is 21.7. The highest BCUT2D eigenvalue weighted by Crippen LogP contribution is 2.28. The number of amides is 3. The summed E-state index contributed by atoms with van der Waals surface area (Å²) < 4.78 is 14.2. The van der Waals surface area contributed by atoms with E-state index in [-0.39, 0.29) is 34.7 Å². The van der Waals surface area contributed by atoms with Crippen LogP contribution >= 0.6 is 11.6 Å². The number of nitrogens with one attached hydrogen (secondary N) is 2. The van der Waals surface area contributed by atoms with Crippen molar-refractivity contribution in [3.8, 4) is 6.07 Å². The molecule has 2 heterocycles. The number of nitrogens with zero attached hydrogens (tertiary/aromatic N) is 2. The number of carbonyl (C=O) groups is 3. The van der Waals surface area contributed by atoms with Gasteiger partial charge < -0.3 is 15.5 Å². The number of nitriles is 1. The summed E-state index contributed by atoms with van der Waals surface area (Å²) >= 11 is 5.81. The van der Waals surface area contributed by atoms with Crippen molar-refractivity contribution in [2.24, 2.45) is 11.8 Å². The third-order valence-electron chi connectivity index (χ3n) is 7.18. The van der Waals surface area contributed by atoms with Crippen LogP contribution in [-0.4, -0.2) is 47.8 Å². The van der Waals surface area contributed by atoms with Gasteiger partial charge in [-0.3, -0.25) is 14.4 Å². The fourth-order valence-corrected chi connectivity index (χ4v) is 5.26. The van der Waals surface area contributed by atoms with Gasteiger partial charge in [-0.15, -0.1) is 0 Å². The minimum atomic E-state index is -0.838. The minimum Gasteiger partial charge on any atom is -0.356 e. The molecule has 0 bridgehead atoms. The van der Waals surface area contributed by atoms with E-state index < -0.39 is 29.7 Å². The van der Waals surface area contributed by atoms with E-state index in [1.807, 2.05) is 30.3 Å². The Balaban J connectivity index is 1.46. The number of rotatable bonds is 9. The lowest BCUT2D eigenvalue weighted by Gasteiger charge is -2.24. The molecular weight excluding hydrogens is 507 g/mol. The predicted octanol–water partition coefficient (Wildman–Crippen LogP) is 3.88. The molecule has 4 rings (SSSR count). The van der Waals surface area contributed by atoms with Gasteiger partial charge in [0, 0.05) is 35.7 Å². The lowest BCUT2D eigenvalue weighted by Crippen LogP contribution is -2.48. The van der Waals surface area contributed by atoms with Gasteiger partial charge in [0.1, 0.15) is 17.9 Å². The first-order valence-corrected chi connectivity index (χ1v) is 13.2. The summed E-state index contributed by atoms with van der Waals surface area (Å²) in [5, 5.41) is 15.4. The molecule has 2 aromatic rings. The van der Waals surface area contributed by atoms with Crippen molar-refractivity contribution in [2.75, 3.05) is 13.1 Å². The van der Waals surface area contributed by atoms with Gasteiger partial charge in [0.25, 0.3) is 0 Å². The fraction of sp³-hybridized carbons (Fsp3) is 0.379. The molecule has 2 aliphatic rings. The largest absolute Gasteiger partial charge is 0.356 e. The molecule has 9 heteroatoms. The van der Waals surface area contributed by atoms with Crippen LogP contribution in [0.5, 0.6) is 0 Å². The van der Waals surface area contributed by atoms with E-state index in [0.29, 0.717) is 25.9 Å². The van der Waals surface area contributed by atoms with E-state index in [1.165, 1.54) is 40.8 Å². The Morgan fingerprint density at radius 2 is 2.05 bits per heavy atom. The molecule has 0 spiro atoms. The van der Waals surface area contributed by atoms with Crippen LogP contribution < -0.4 is 10.6 Å². The highest BCUT2D eigenvalue weighted by molar-refractivity contribution is 6.30. The maximum absolute atomic E-state index is 14.2. The summed E-state index contributed by atoms with van der Waals surface area (Å²) in [5.41, 5.74) is 1.39. The SMILES string of the molecule is N#C[C@H](C[C@@H]1CCNC1=O)NC(=O)[C@@H]1C[C@@H](CCc2ccccc2)CN1C(=O)/C=C/c1ccc(Cl)cc1F. The fourth-order valence-electron chi connectivity index (χ4n) is 5.10. The third-order valence-corrected chi connectivity index (χ3v) is 7.42. The van der Waals surface area contributed by atoms with Crippen molar-refractivity contribution in [3.63, 3.8) is 0 Å². The van der Waals surface area contributed by atoms with Crippen LogP contribution in [-0.2, 0) is 20.8 Å². The molecular formula is C29H30ClFN4O3. The van der Waals surface area contributed by atoms with Gasteiger partial charge in [-0.25, -0.2) is 4.39 Å². The molecule has 4 atom stereocenters. The molecule has 198 valence electrons. The van der Waals surface area contributed by atoms with Gasteiger partial charge in [-0.05, 0) is 61.8 Å². The Labute approximate surface area is 226 Å². The van der Waals surface area contributed by atoms with Crippen molar-refractivity contribution in [1.82, 2.24) is 15.5 Å². The summed E-state index contributed by atoms with van der Waals surface area (Å²) in [6, 6.07) is 14.7. The second-order valence-corrected chi connectivity index (χ2v) is 10.3. The summed E-state index contributed by atoms with van der Waals surface area (Å²) in [4.78, 5) is 40.0. The molecule has 38 heavy (non-hydrogen) atoms. The number of aryl methyl sites for hydroxylation is 1. The van der Waals surface area contributed by atoms with E-state index in [1.54, 1.807) is 0 Å². The smallest absolute Gasteiger partial charge is 0.247 e. The molecule has 2 aromatic carbocycles. The maximum Gasteiger partial charge on any atom is 0.247 e. The topological polar surface area (TPSA) is 102 Å². The Morgan fingerprint density at radius 3 is 2.74 bits per heavy atom. The monoisotopic (exact) mass is 536 g/mol. The first-order chi connectivity index (χ1) is 18.3. The first kappa shape index (κ1) is 27.3. The molecule has 0 unspecified atom stereocenters. The van der Waals surface area contributed by atoms with Crippen LogP contribution in [0, 0.1) is 29.0 Å². The van der Waals surface area contributed by atoms with E-state index in [0.717, 1.165) is 12.8 Å². The van der Waals surface area contributed by atoms with Gasteiger partial charge in [0.2, 0.25) is 17.7 Å². The first-order valence-electron chi connectivity index (χ1n) is 12.8. The van der Waals surface area contributed by atoms with Gasteiger partial charge >= 0.3 is 0 Å². The molecule has 2 aliphatic heterocycles. The summed E-state index contributed by atoms with van der Waals surface area (Å²) in [5.74, 6) is -1.74. The van der Waals surface area contributed by atoms with Crippen LogP contribution in [0.25, 0.3) is 6.08 Å². The van der Waals surface area contributed by atoms with Crippen molar-refractivity contribution in [3.05, 3.63) is 76.6 Å². The predicted molar refractivity (Wildman–Crippen MR) is 142 cm³/mol. The highest BCUT2D eigenvalue weighted by Gasteiger charge is 2.39. The van der Waals surface area contributed by atoms with Gasteiger partial charge in [-0.2, -0.15) is 5.26 Å². The minimum absolute atomic E-state index is 0.0803. The van der Waals surface area contributed by atoms with Crippen LogP contribution in [0.15, 0.2) is 54.6 Å². The summed E-state index contributed by atoms with van der Waals surface area (Å²) in [6.45, 7) is 0.934. The van der Waals surface area contributed by atoms with E-state index in [2.05, 4.69) is 16.7 Å². The highest BCUT2D eigenvalue weighted by atomic mass is 35.5. The number of hydrogen-bond acceptors (Lipinski definition) is 4. The average molecular weight is 537 g/mol. The number of likely N-dealkylation sites (tertiary alicyclic amines) is 1. The van der Waals surface area contributed by atoms with E-state index in [9.17, 15) is 24.0 Å². The van der Waals surface area contributed by atoms with Gasteiger partial charge in [0.05, 0.1) is 6.07 Å². The second-order valence-electron chi connectivity index (χ2n) is 9.83. The van der Waals surface area contributed by atoms with E-state index >= 15 is 0 Å². The third kappa shape index (κ3) is 6.99. The standard InChI is InChI=1S/C29H30ClFN4O3/c30-23-10-8-21(25(31)16-23)9-11-27(36)35-18-20(7-6-19-4-2-1-3-5-19)14-26(35)29(38)34-24(17-32)15-22-12-13-33-28(22)37/h1-5,8-11,16,20,22,24,26H,6-7,12-15,18H2,(H,33,37)(H,34,38)/b11-9+/t20-,22+,24+,26+/m1/s1. The molecule has 2 saturated heterocycles. The molecule has 0 aliphatic carbocycles. The molecule has 3 amide bonds. The Kier molecular flexibility index (Phi) is 9.14. The molecule has 2 N–H and O–H groups in total. The summed E-state index contributed by atoms with van der Waals surface area (Å²) in [6.07, 6.45) is 5.53. The number of carbonyl (C=O) groups excluding carboxylic acids is 3. The Morgan fingerprint density at radius 1 is 1.26 bits per heavy atom. The Bertz CT molecular complexity index is 1250. The number of hydrogen-bond donors (Lipinski definition) is 2. The van der Waals surface area contributed by atoms with Crippen LogP contribution in [0.4, 0.5) is 4.39 Å². The molecule has 0 saturated carbocycles. The molecule has 7 nitrogen and oxygen atoms in total. The van der Waals surface area contributed by atoms with Crippen molar-refractivity contribution >= 4 is 35.4 Å².